The third-order valence-corrected chi connectivity index (χ3v) is 15.5. The lowest BCUT2D eigenvalue weighted by Gasteiger charge is -2.69. The molecular weight excluding hydrogens is 789 g/mol. The number of carboxylic acid groups (broad SMARTS) is 1. The monoisotopic (exact) mass is 846 g/mol. The van der Waals surface area contributed by atoms with Crippen molar-refractivity contribution in [1.82, 2.24) is 39.7 Å². The molecule has 4 saturated carbocycles. The van der Waals surface area contributed by atoms with E-state index in [1.54, 1.807) is 18.4 Å². The molecule has 5 fully saturated rings. The van der Waals surface area contributed by atoms with E-state index in [-0.39, 0.29) is 27.5 Å². The zero-order valence-corrected chi connectivity index (χ0v) is 37.2. The summed E-state index contributed by atoms with van der Waals surface area (Å²) in [5.74, 6) is 1.57. The van der Waals surface area contributed by atoms with Gasteiger partial charge in [0.25, 0.3) is 0 Å². The first-order valence-corrected chi connectivity index (χ1v) is 22.7. The van der Waals surface area contributed by atoms with Gasteiger partial charge in [0.15, 0.2) is 22.5 Å². The van der Waals surface area contributed by atoms with Crippen molar-refractivity contribution in [3.63, 3.8) is 0 Å². The average molecular weight is 847 g/mol. The minimum Gasteiger partial charge on any atom is -0.497 e. The average Bonchev–Trinajstić information content (AvgIpc) is 3.78. The molecule has 2 unspecified atom stereocenters. The molecule has 2 N–H and O–H groups in total. The van der Waals surface area contributed by atoms with E-state index in [0.29, 0.717) is 29.6 Å². The number of carboxylic acids is 1. The van der Waals surface area contributed by atoms with Crippen LogP contribution in [-0.2, 0) is 17.7 Å². The van der Waals surface area contributed by atoms with Gasteiger partial charge in [0, 0.05) is 79.8 Å². The number of aromatic carboxylic acids is 1. The van der Waals surface area contributed by atoms with E-state index < -0.39 is 5.97 Å². The lowest BCUT2D eigenvalue weighted by atomic mass is 9.39. The SMILES string of the molecule is COc1ccc2sc(Nc3nnc4c(c3C)CCCN4c3ccc(-c4cnn(CC56CC7(C)CC(C)(C5)CC(OCCN5CCN(C)CC5)(C7)C6)c4C)c(C(=O)O)n3)nc2c1. The standard InChI is InChI=1S/C46H58N10O4S/c1-29-32-8-7-13-55(40(32)52-51-39(29)50-42-48-35-20-31(59-6)9-11-36(35)61-42)37-12-10-33(38(49-37)41(57)58)34-21-47-56(30(34)2)28-45-23-43(3)22-44(4,24-45)26-46(25-43,27-45)60-19-18-54-16-14-53(5)15-17-54/h9-12,20-21H,7-8,13-19,22-28H2,1-6H3,(H,57,58)(H,48,50,51). The van der Waals surface area contributed by atoms with E-state index in [0.717, 1.165) is 121 Å². The molecule has 4 bridgehead atoms. The van der Waals surface area contributed by atoms with Crippen molar-refractivity contribution in [1.29, 1.82) is 0 Å². The molecule has 2 aliphatic heterocycles. The maximum Gasteiger partial charge on any atom is 0.355 e. The van der Waals surface area contributed by atoms with Crippen LogP contribution >= 0.6 is 11.3 Å². The summed E-state index contributed by atoms with van der Waals surface area (Å²) >= 11 is 1.55. The minimum absolute atomic E-state index is 0.00485. The molecule has 0 amide bonds. The first kappa shape index (κ1) is 40.4. The molecule has 4 aromatic heterocycles. The Kier molecular flexibility index (Phi) is 9.92. The summed E-state index contributed by atoms with van der Waals surface area (Å²) in [5.41, 5.74) is 5.66. The first-order valence-electron chi connectivity index (χ1n) is 21.9. The van der Waals surface area contributed by atoms with Gasteiger partial charge in [-0.3, -0.25) is 9.58 Å². The van der Waals surface area contributed by atoms with E-state index in [4.69, 9.17) is 24.5 Å². The Morgan fingerprint density at radius 2 is 1.72 bits per heavy atom. The van der Waals surface area contributed by atoms with Crippen molar-refractivity contribution in [2.75, 3.05) is 70.2 Å². The molecule has 6 heterocycles. The zero-order valence-electron chi connectivity index (χ0n) is 36.4. The summed E-state index contributed by atoms with van der Waals surface area (Å²) in [6, 6.07) is 9.66. The highest BCUT2D eigenvalue weighted by Crippen LogP contribution is 2.72. The van der Waals surface area contributed by atoms with Gasteiger partial charge in [-0.15, -0.1) is 10.2 Å². The Morgan fingerprint density at radius 1 is 0.934 bits per heavy atom. The van der Waals surface area contributed by atoms with Crippen LogP contribution in [0.25, 0.3) is 21.3 Å². The molecule has 61 heavy (non-hydrogen) atoms. The van der Waals surface area contributed by atoms with Crippen LogP contribution in [0.3, 0.4) is 0 Å². The number of likely N-dealkylation sites (N-methyl/N-ethyl adjacent to an activating group) is 1. The lowest BCUT2D eigenvalue weighted by molar-refractivity contribution is -0.249. The molecule has 2 atom stereocenters. The number of nitrogens with one attached hydrogen (secondary N) is 1. The minimum atomic E-state index is -1.07. The number of methoxy groups -OCH3 is 1. The quantitative estimate of drug-likeness (QED) is 0.126. The fourth-order valence-electron chi connectivity index (χ4n) is 12.9. The summed E-state index contributed by atoms with van der Waals surface area (Å²) in [7, 11) is 3.85. The van der Waals surface area contributed by atoms with Crippen LogP contribution in [0.4, 0.5) is 22.6 Å². The number of pyridine rings is 1. The summed E-state index contributed by atoms with van der Waals surface area (Å²) in [4.78, 5) is 29.5. The Hall–Kier alpha value is -4.70. The number of rotatable bonds is 12. The Morgan fingerprint density at radius 3 is 2.48 bits per heavy atom. The first-order chi connectivity index (χ1) is 29.2. The molecule has 0 spiro atoms. The van der Waals surface area contributed by atoms with Crippen molar-refractivity contribution in [3.05, 3.63) is 59.0 Å². The smallest absolute Gasteiger partial charge is 0.355 e. The number of hydrogen-bond donors (Lipinski definition) is 2. The van der Waals surface area contributed by atoms with Gasteiger partial charge in [-0.1, -0.05) is 25.2 Å². The van der Waals surface area contributed by atoms with E-state index in [1.807, 2.05) is 48.4 Å². The number of fused-ring (bicyclic) bond motifs is 2. The van der Waals surface area contributed by atoms with Gasteiger partial charge in [0.2, 0.25) is 0 Å². The molecular formula is C46H58N10O4S. The number of carbonyl (C=O) groups is 1. The maximum absolute atomic E-state index is 13.0. The third kappa shape index (κ3) is 7.44. The summed E-state index contributed by atoms with van der Waals surface area (Å²) in [5, 5.41) is 29.0. The van der Waals surface area contributed by atoms with E-state index in [1.165, 1.54) is 19.3 Å². The highest BCUT2D eigenvalue weighted by Gasteiger charge is 2.66. The molecule has 15 heteroatoms. The third-order valence-electron chi connectivity index (χ3n) is 14.5. The fraction of sp³-hybridized carbons (Fsp3) is 0.565. The number of anilines is 4. The largest absolute Gasteiger partial charge is 0.497 e. The van der Waals surface area contributed by atoms with E-state index in [2.05, 4.69) is 57.8 Å². The number of ether oxygens (including phenoxy) is 2. The second-order valence-corrected chi connectivity index (χ2v) is 20.8. The van der Waals surface area contributed by atoms with E-state index >= 15 is 0 Å². The Balaban J connectivity index is 0.885. The number of thiazole rings is 1. The normalized spacial score (nSPS) is 27.5. The topological polar surface area (TPSA) is 147 Å². The van der Waals surface area contributed by atoms with Crippen molar-refractivity contribution in [2.24, 2.45) is 16.2 Å². The molecule has 1 aromatic carbocycles. The van der Waals surface area contributed by atoms with Gasteiger partial charge >= 0.3 is 5.97 Å². The van der Waals surface area contributed by atoms with Crippen molar-refractivity contribution < 1.29 is 19.4 Å². The predicted molar refractivity (Wildman–Crippen MR) is 238 cm³/mol. The molecule has 322 valence electrons. The van der Waals surface area contributed by atoms with Gasteiger partial charge in [-0.25, -0.2) is 14.8 Å². The molecule has 0 radical (unpaired) electrons. The van der Waals surface area contributed by atoms with Gasteiger partial charge in [0.05, 0.1) is 35.7 Å². The number of aromatic nitrogens is 6. The summed E-state index contributed by atoms with van der Waals surface area (Å²) < 4.78 is 15.6. The number of nitrogens with zero attached hydrogens (tertiary/aromatic N) is 9. The number of hydrogen-bond acceptors (Lipinski definition) is 13. The zero-order chi connectivity index (χ0) is 42.3. The summed E-state index contributed by atoms with van der Waals surface area (Å²) in [6.07, 6.45) is 10.4. The van der Waals surface area contributed by atoms with Crippen LogP contribution in [0.2, 0.25) is 0 Å². The van der Waals surface area contributed by atoms with Gasteiger partial charge in [-0.05, 0) is 113 Å². The molecule has 5 aromatic rings. The van der Waals surface area contributed by atoms with Gasteiger partial charge < -0.3 is 29.7 Å². The molecule has 14 nitrogen and oxygen atoms in total. The lowest BCUT2D eigenvalue weighted by Crippen LogP contribution is -2.64. The molecule has 1 saturated heterocycles. The van der Waals surface area contributed by atoms with Crippen molar-refractivity contribution in [3.8, 4) is 16.9 Å². The molecule has 6 aliphatic rings. The van der Waals surface area contributed by atoms with Crippen LogP contribution < -0.4 is 15.0 Å². The van der Waals surface area contributed by atoms with Crippen LogP contribution in [0.1, 0.15) is 86.1 Å². The fourth-order valence-corrected chi connectivity index (χ4v) is 13.7. The van der Waals surface area contributed by atoms with Crippen LogP contribution in [0, 0.1) is 30.1 Å². The summed E-state index contributed by atoms with van der Waals surface area (Å²) in [6.45, 7) is 16.8. The second kappa shape index (κ2) is 15.0. The predicted octanol–water partition coefficient (Wildman–Crippen LogP) is 7.88. The highest BCUT2D eigenvalue weighted by molar-refractivity contribution is 7.22. The maximum atomic E-state index is 13.0. The molecule has 4 aliphatic carbocycles. The van der Waals surface area contributed by atoms with Gasteiger partial charge in [0.1, 0.15) is 11.6 Å². The van der Waals surface area contributed by atoms with Crippen LogP contribution in [-0.4, -0.2) is 116 Å². The second-order valence-electron chi connectivity index (χ2n) is 19.7. The van der Waals surface area contributed by atoms with Crippen molar-refractivity contribution in [2.45, 2.75) is 91.2 Å². The van der Waals surface area contributed by atoms with E-state index in [9.17, 15) is 9.90 Å². The number of piperazine rings is 1. The Labute approximate surface area is 361 Å². The van der Waals surface area contributed by atoms with Crippen LogP contribution in [0.15, 0.2) is 36.5 Å². The number of benzene rings is 1. The molecule has 11 rings (SSSR count). The highest BCUT2D eigenvalue weighted by atomic mass is 32.1. The van der Waals surface area contributed by atoms with Gasteiger partial charge in [-0.2, -0.15) is 5.10 Å². The van der Waals surface area contributed by atoms with Crippen LogP contribution in [0.5, 0.6) is 5.75 Å². The van der Waals surface area contributed by atoms with Crippen molar-refractivity contribution >= 4 is 50.1 Å². The Bertz CT molecular complexity index is 2490.